The summed E-state index contributed by atoms with van der Waals surface area (Å²) < 4.78 is 5.24. The Morgan fingerprint density at radius 3 is 2.38 bits per heavy atom. The molecule has 0 spiro atoms. The van der Waals surface area contributed by atoms with Crippen LogP contribution in [-0.2, 0) is 6.42 Å². The molecule has 3 aromatic carbocycles. The SMILES string of the molecule is COc1ccc(N2CCc3cnc4ccccc4c32)cc1.Cc1ccc(C(=O)O)cc1C(=O)O. The van der Waals surface area contributed by atoms with Crippen molar-refractivity contribution in [3.8, 4) is 5.75 Å². The van der Waals surface area contributed by atoms with E-state index in [-0.39, 0.29) is 11.1 Å². The average Bonchev–Trinajstić information content (AvgIpc) is 3.29. The van der Waals surface area contributed by atoms with Gasteiger partial charge in [-0.3, -0.25) is 4.98 Å². The predicted octanol–water partition coefficient (Wildman–Crippen LogP) is 5.33. The zero-order valence-electron chi connectivity index (χ0n) is 18.9. The molecule has 5 rings (SSSR count). The highest BCUT2D eigenvalue weighted by Crippen LogP contribution is 2.39. The molecular weight excluding hydrogens is 432 g/mol. The molecule has 1 aromatic heterocycles. The summed E-state index contributed by atoms with van der Waals surface area (Å²) in [6.45, 7) is 2.62. The van der Waals surface area contributed by atoms with Crippen LogP contribution in [0.3, 0.4) is 0 Å². The summed E-state index contributed by atoms with van der Waals surface area (Å²) in [6, 6.07) is 20.6. The van der Waals surface area contributed by atoms with Crippen LogP contribution in [0.5, 0.6) is 5.75 Å². The highest BCUT2D eigenvalue weighted by atomic mass is 16.5. The molecule has 4 aromatic rings. The molecule has 1 aliphatic rings. The number of pyridine rings is 1. The number of nitrogens with zero attached hydrogens (tertiary/aromatic N) is 2. The third-order valence-electron chi connectivity index (χ3n) is 5.80. The van der Waals surface area contributed by atoms with Gasteiger partial charge >= 0.3 is 11.9 Å². The second-order valence-corrected chi connectivity index (χ2v) is 7.89. The van der Waals surface area contributed by atoms with Crippen molar-refractivity contribution in [3.05, 3.63) is 95.2 Å². The number of para-hydroxylation sites is 1. The number of hydrogen-bond acceptors (Lipinski definition) is 5. The number of carboxylic acid groups (broad SMARTS) is 2. The van der Waals surface area contributed by atoms with E-state index in [0.717, 1.165) is 30.3 Å². The van der Waals surface area contributed by atoms with Crippen molar-refractivity contribution in [3.63, 3.8) is 0 Å². The summed E-state index contributed by atoms with van der Waals surface area (Å²) in [5, 5.41) is 18.5. The standard InChI is InChI=1S/C18H16N2O.C9H8O4/c1-21-15-8-6-14(7-9-15)20-11-10-13-12-19-17-5-3-2-4-16(17)18(13)20;1-5-2-3-6(8(10)11)4-7(5)9(12)13/h2-9,12H,10-11H2,1H3;2-4H,1H3,(H,10,11)(H,12,13). The highest BCUT2D eigenvalue weighted by Gasteiger charge is 2.23. The fourth-order valence-electron chi connectivity index (χ4n) is 4.02. The second kappa shape index (κ2) is 9.62. The summed E-state index contributed by atoms with van der Waals surface area (Å²) in [6.07, 6.45) is 3.06. The Hall–Kier alpha value is -4.39. The van der Waals surface area contributed by atoms with Crippen LogP contribution in [-0.4, -0.2) is 40.8 Å². The number of hydrogen-bond donors (Lipinski definition) is 2. The largest absolute Gasteiger partial charge is 0.497 e. The normalized spacial score (nSPS) is 12.0. The minimum Gasteiger partial charge on any atom is -0.497 e. The van der Waals surface area contributed by atoms with Gasteiger partial charge in [0.25, 0.3) is 0 Å². The molecule has 0 atom stereocenters. The number of rotatable bonds is 4. The number of fused-ring (bicyclic) bond motifs is 3. The number of aryl methyl sites for hydroxylation is 1. The van der Waals surface area contributed by atoms with Crippen LogP contribution < -0.4 is 9.64 Å². The molecule has 0 aliphatic carbocycles. The van der Waals surface area contributed by atoms with Gasteiger partial charge in [-0.05, 0) is 66.9 Å². The van der Waals surface area contributed by atoms with E-state index >= 15 is 0 Å². The summed E-state index contributed by atoms with van der Waals surface area (Å²) >= 11 is 0. The van der Waals surface area contributed by atoms with Crippen LogP contribution in [0.1, 0.15) is 31.8 Å². The highest BCUT2D eigenvalue weighted by molar-refractivity contribution is 5.97. The van der Waals surface area contributed by atoms with Gasteiger partial charge in [-0.2, -0.15) is 0 Å². The third-order valence-corrected chi connectivity index (χ3v) is 5.80. The molecule has 0 saturated heterocycles. The second-order valence-electron chi connectivity index (χ2n) is 7.89. The van der Waals surface area contributed by atoms with E-state index in [9.17, 15) is 9.59 Å². The number of carbonyl (C=O) groups is 2. The Labute approximate surface area is 196 Å². The van der Waals surface area contributed by atoms with E-state index in [4.69, 9.17) is 14.9 Å². The van der Waals surface area contributed by atoms with Gasteiger partial charge in [-0.1, -0.05) is 24.3 Å². The molecule has 7 heteroatoms. The van der Waals surface area contributed by atoms with Gasteiger partial charge in [0.05, 0.1) is 29.4 Å². The van der Waals surface area contributed by atoms with Crippen molar-refractivity contribution in [2.24, 2.45) is 0 Å². The zero-order chi connectivity index (χ0) is 24.2. The maximum Gasteiger partial charge on any atom is 0.335 e. The molecule has 2 heterocycles. The lowest BCUT2D eigenvalue weighted by Gasteiger charge is -2.21. The first kappa shape index (κ1) is 22.8. The molecule has 7 nitrogen and oxygen atoms in total. The van der Waals surface area contributed by atoms with E-state index in [0.29, 0.717) is 5.56 Å². The Morgan fingerprint density at radius 1 is 0.971 bits per heavy atom. The lowest BCUT2D eigenvalue weighted by Crippen LogP contribution is -2.13. The molecule has 1 aliphatic heterocycles. The first-order valence-electron chi connectivity index (χ1n) is 10.7. The number of benzene rings is 3. The Morgan fingerprint density at radius 2 is 1.71 bits per heavy atom. The maximum atomic E-state index is 10.6. The van der Waals surface area contributed by atoms with E-state index in [1.807, 2.05) is 24.4 Å². The van der Waals surface area contributed by atoms with E-state index < -0.39 is 11.9 Å². The molecule has 2 N–H and O–H groups in total. The van der Waals surface area contributed by atoms with E-state index in [1.165, 1.54) is 34.5 Å². The topological polar surface area (TPSA) is 100.0 Å². The van der Waals surface area contributed by atoms with Gasteiger partial charge < -0.3 is 19.8 Å². The van der Waals surface area contributed by atoms with Crippen molar-refractivity contribution in [2.75, 3.05) is 18.6 Å². The van der Waals surface area contributed by atoms with Crippen LogP contribution in [0.4, 0.5) is 11.4 Å². The van der Waals surface area contributed by atoms with Gasteiger partial charge in [0.1, 0.15) is 5.75 Å². The van der Waals surface area contributed by atoms with Crippen LogP contribution in [0.15, 0.2) is 72.9 Å². The Kier molecular flexibility index (Phi) is 6.45. The van der Waals surface area contributed by atoms with Crippen LogP contribution in [0.25, 0.3) is 10.9 Å². The molecule has 0 amide bonds. The van der Waals surface area contributed by atoms with Crippen molar-refractivity contribution in [2.45, 2.75) is 13.3 Å². The Bertz CT molecular complexity index is 1370. The quantitative estimate of drug-likeness (QED) is 0.428. The zero-order valence-corrected chi connectivity index (χ0v) is 18.9. The summed E-state index contributed by atoms with van der Waals surface area (Å²) in [5.74, 6) is -1.35. The van der Waals surface area contributed by atoms with Crippen molar-refractivity contribution < 1.29 is 24.5 Å². The number of anilines is 2. The van der Waals surface area contributed by atoms with Gasteiger partial charge in [0.2, 0.25) is 0 Å². The van der Waals surface area contributed by atoms with Gasteiger partial charge in [-0.25, -0.2) is 9.59 Å². The number of aromatic nitrogens is 1. The van der Waals surface area contributed by atoms with Crippen molar-refractivity contribution in [1.29, 1.82) is 0 Å². The first-order valence-corrected chi connectivity index (χ1v) is 10.7. The molecule has 0 bridgehead atoms. The monoisotopic (exact) mass is 456 g/mol. The smallest absolute Gasteiger partial charge is 0.335 e. The van der Waals surface area contributed by atoms with Crippen LogP contribution >= 0.6 is 0 Å². The first-order chi connectivity index (χ1) is 16.4. The number of ether oxygens (including phenoxy) is 1. The maximum absolute atomic E-state index is 10.6. The summed E-state index contributed by atoms with van der Waals surface area (Å²) in [7, 11) is 1.69. The minimum absolute atomic E-state index is 0.0111. The van der Waals surface area contributed by atoms with Gasteiger partial charge in [0.15, 0.2) is 0 Å². The van der Waals surface area contributed by atoms with E-state index in [2.05, 4.69) is 40.2 Å². The molecular formula is C27H24N2O5. The minimum atomic E-state index is -1.12. The molecule has 0 radical (unpaired) electrons. The van der Waals surface area contributed by atoms with Crippen molar-refractivity contribution >= 4 is 34.2 Å². The fraction of sp³-hybridized carbons (Fsp3) is 0.148. The number of aromatic carboxylic acids is 2. The fourth-order valence-corrected chi connectivity index (χ4v) is 4.02. The molecule has 172 valence electrons. The van der Waals surface area contributed by atoms with Crippen LogP contribution in [0.2, 0.25) is 0 Å². The summed E-state index contributed by atoms with van der Waals surface area (Å²) in [4.78, 5) is 28.0. The third kappa shape index (κ3) is 4.54. The lowest BCUT2D eigenvalue weighted by atomic mass is 10.1. The molecule has 0 fully saturated rings. The van der Waals surface area contributed by atoms with Gasteiger partial charge in [-0.15, -0.1) is 0 Å². The average molecular weight is 456 g/mol. The Balaban J connectivity index is 0.000000182. The number of methoxy groups -OCH3 is 1. The molecule has 0 saturated carbocycles. The van der Waals surface area contributed by atoms with E-state index in [1.54, 1.807) is 14.0 Å². The summed E-state index contributed by atoms with van der Waals surface area (Å²) in [5.41, 5.74) is 5.44. The predicted molar refractivity (Wildman–Crippen MR) is 131 cm³/mol. The van der Waals surface area contributed by atoms with Crippen molar-refractivity contribution in [1.82, 2.24) is 4.98 Å². The number of carboxylic acids is 2. The lowest BCUT2D eigenvalue weighted by molar-refractivity contribution is 0.0695. The molecule has 34 heavy (non-hydrogen) atoms. The molecule has 0 unspecified atom stereocenters. The van der Waals surface area contributed by atoms with Gasteiger partial charge in [0, 0.05) is 23.8 Å². The van der Waals surface area contributed by atoms with Crippen LogP contribution in [0, 0.1) is 6.92 Å².